The van der Waals surface area contributed by atoms with E-state index < -0.39 is 21.4 Å². The van der Waals surface area contributed by atoms with E-state index in [1.165, 1.54) is 13.8 Å². The molecule has 0 atom stereocenters. The normalized spacial score (nSPS) is 12.7. The lowest BCUT2D eigenvalue weighted by Crippen LogP contribution is -2.50. The van der Waals surface area contributed by atoms with E-state index in [4.69, 9.17) is 5.73 Å². The number of aliphatic hydroxyl groups is 1. The highest BCUT2D eigenvalue weighted by Crippen LogP contribution is 2.29. The Morgan fingerprint density at radius 2 is 1.86 bits per heavy atom. The zero-order valence-corrected chi connectivity index (χ0v) is 13.6. The second-order valence-corrected chi connectivity index (χ2v) is 6.91. The number of nitrogen functional groups attached to an aromatic ring is 1. The van der Waals surface area contributed by atoms with Crippen LogP contribution in [0.3, 0.4) is 0 Å². The molecule has 0 aromatic heterocycles. The fraction of sp³-hybridized carbons (Fsp3) is 0.571. The molecule has 5 nitrogen and oxygen atoms in total. The molecule has 0 aliphatic rings. The number of hydrogen-bond donors (Lipinski definition) is 3. The van der Waals surface area contributed by atoms with Crippen molar-refractivity contribution < 1.29 is 17.9 Å². The average Bonchev–Trinajstić information content (AvgIpc) is 2.42. The second-order valence-electron chi connectivity index (χ2n) is 5.29. The van der Waals surface area contributed by atoms with E-state index in [2.05, 4.69) is 4.72 Å². The van der Waals surface area contributed by atoms with E-state index in [1.807, 2.05) is 0 Å². The SMILES string of the molecule is CCC(CC)(CO)NS(=O)(=O)c1c(C)cc(F)c(N)c1C. The molecular formula is C14H23FN2O3S. The van der Waals surface area contributed by atoms with Crippen molar-refractivity contribution in [3.8, 4) is 0 Å². The zero-order valence-electron chi connectivity index (χ0n) is 12.8. The molecule has 0 bridgehead atoms. The lowest BCUT2D eigenvalue weighted by molar-refractivity contribution is 0.172. The van der Waals surface area contributed by atoms with Gasteiger partial charge in [0.25, 0.3) is 0 Å². The van der Waals surface area contributed by atoms with Crippen LogP contribution in [0.4, 0.5) is 10.1 Å². The van der Waals surface area contributed by atoms with E-state index in [9.17, 15) is 17.9 Å². The average molecular weight is 318 g/mol. The Balaban J connectivity index is 3.43. The minimum absolute atomic E-state index is 0.0267. The van der Waals surface area contributed by atoms with Gasteiger partial charge in [0, 0.05) is 0 Å². The van der Waals surface area contributed by atoms with Crippen LogP contribution in [0.1, 0.15) is 37.8 Å². The van der Waals surface area contributed by atoms with Crippen LogP contribution in [-0.4, -0.2) is 25.7 Å². The molecule has 0 fully saturated rings. The largest absolute Gasteiger partial charge is 0.396 e. The van der Waals surface area contributed by atoms with Gasteiger partial charge in [-0.25, -0.2) is 17.5 Å². The van der Waals surface area contributed by atoms with Crippen LogP contribution in [0, 0.1) is 19.7 Å². The number of aliphatic hydroxyl groups excluding tert-OH is 1. The highest BCUT2D eigenvalue weighted by molar-refractivity contribution is 7.89. The lowest BCUT2D eigenvalue weighted by atomic mass is 9.96. The summed E-state index contributed by atoms with van der Waals surface area (Å²) in [4.78, 5) is -0.0267. The number of nitrogens with two attached hydrogens (primary N) is 1. The van der Waals surface area contributed by atoms with E-state index in [0.29, 0.717) is 12.8 Å². The van der Waals surface area contributed by atoms with Crippen molar-refractivity contribution in [2.75, 3.05) is 12.3 Å². The Labute approximate surface area is 125 Å². The van der Waals surface area contributed by atoms with Gasteiger partial charge in [0.2, 0.25) is 10.0 Å². The van der Waals surface area contributed by atoms with Gasteiger partial charge >= 0.3 is 0 Å². The molecule has 0 radical (unpaired) electrons. The smallest absolute Gasteiger partial charge is 0.241 e. The van der Waals surface area contributed by atoms with Gasteiger partial charge < -0.3 is 10.8 Å². The molecule has 0 saturated carbocycles. The number of hydrogen-bond acceptors (Lipinski definition) is 4. The lowest BCUT2D eigenvalue weighted by Gasteiger charge is -2.31. The molecule has 1 rings (SSSR count). The van der Waals surface area contributed by atoms with Crippen LogP contribution in [-0.2, 0) is 10.0 Å². The Morgan fingerprint density at radius 1 is 1.33 bits per heavy atom. The fourth-order valence-corrected chi connectivity index (χ4v) is 4.35. The summed E-state index contributed by atoms with van der Waals surface area (Å²) >= 11 is 0. The molecule has 4 N–H and O–H groups in total. The first-order valence-corrected chi connectivity index (χ1v) is 8.32. The molecule has 1 aromatic carbocycles. The van der Waals surface area contributed by atoms with Crippen LogP contribution in [0.15, 0.2) is 11.0 Å². The van der Waals surface area contributed by atoms with Crippen LogP contribution in [0.25, 0.3) is 0 Å². The van der Waals surface area contributed by atoms with Gasteiger partial charge in [-0.3, -0.25) is 0 Å². The van der Waals surface area contributed by atoms with Crippen molar-refractivity contribution in [2.45, 2.75) is 51.0 Å². The van der Waals surface area contributed by atoms with E-state index in [0.717, 1.165) is 6.07 Å². The van der Waals surface area contributed by atoms with Gasteiger partial charge in [0.15, 0.2) is 0 Å². The minimum atomic E-state index is -3.91. The number of halogens is 1. The number of sulfonamides is 1. The van der Waals surface area contributed by atoms with Crippen LogP contribution < -0.4 is 10.5 Å². The van der Waals surface area contributed by atoms with E-state index in [1.54, 1.807) is 13.8 Å². The van der Waals surface area contributed by atoms with Gasteiger partial charge in [-0.1, -0.05) is 13.8 Å². The predicted octanol–water partition coefficient (Wildman–Crippen LogP) is 1.85. The van der Waals surface area contributed by atoms with Gasteiger partial charge in [-0.2, -0.15) is 0 Å². The summed E-state index contributed by atoms with van der Waals surface area (Å²) in [7, 11) is -3.91. The van der Waals surface area contributed by atoms with Crippen molar-refractivity contribution in [3.63, 3.8) is 0 Å². The third-order valence-corrected chi connectivity index (χ3v) is 5.85. The Hall–Kier alpha value is -1.18. The summed E-state index contributed by atoms with van der Waals surface area (Å²) in [5.74, 6) is -0.636. The standard InChI is InChI=1S/C14H23FN2O3S/c1-5-14(6-2,8-18)17-21(19,20)13-9(3)7-11(15)12(16)10(13)4/h7,17-18H,5-6,8,16H2,1-4H3. The van der Waals surface area contributed by atoms with Crippen LogP contribution in [0.2, 0.25) is 0 Å². The van der Waals surface area contributed by atoms with Gasteiger partial charge in [0.1, 0.15) is 5.82 Å². The maximum Gasteiger partial charge on any atom is 0.241 e. The topological polar surface area (TPSA) is 92.4 Å². The molecule has 1 aromatic rings. The summed E-state index contributed by atoms with van der Waals surface area (Å²) < 4.78 is 41.4. The summed E-state index contributed by atoms with van der Waals surface area (Å²) in [5.41, 5.74) is 4.95. The Morgan fingerprint density at radius 3 is 2.29 bits per heavy atom. The summed E-state index contributed by atoms with van der Waals surface area (Å²) in [6.07, 6.45) is 0.877. The van der Waals surface area contributed by atoms with E-state index in [-0.39, 0.29) is 28.3 Å². The summed E-state index contributed by atoms with van der Waals surface area (Å²) in [5, 5.41) is 9.51. The Bertz CT molecular complexity index is 617. The molecule has 0 aliphatic carbocycles. The summed E-state index contributed by atoms with van der Waals surface area (Å²) in [6.45, 7) is 6.26. The van der Waals surface area contributed by atoms with Crippen molar-refractivity contribution >= 4 is 15.7 Å². The molecule has 21 heavy (non-hydrogen) atoms. The highest BCUT2D eigenvalue weighted by atomic mass is 32.2. The third-order valence-electron chi connectivity index (χ3n) is 3.98. The third kappa shape index (κ3) is 3.36. The van der Waals surface area contributed by atoms with Crippen molar-refractivity contribution in [3.05, 3.63) is 23.0 Å². The molecule has 0 amide bonds. The summed E-state index contributed by atoms with van der Waals surface area (Å²) in [6, 6.07) is 1.11. The first-order chi connectivity index (χ1) is 9.64. The maximum absolute atomic E-state index is 13.6. The molecule has 7 heteroatoms. The predicted molar refractivity (Wildman–Crippen MR) is 81.0 cm³/mol. The monoisotopic (exact) mass is 318 g/mol. The fourth-order valence-electron chi connectivity index (χ4n) is 2.33. The molecule has 0 saturated heterocycles. The second kappa shape index (κ2) is 6.29. The van der Waals surface area contributed by atoms with Gasteiger partial charge in [-0.15, -0.1) is 0 Å². The Kier molecular flexibility index (Phi) is 5.35. The van der Waals surface area contributed by atoms with Crippen LogP contribution >= 0.6 is 0 Å². The van der Waals surface area contributed by atoms with Crippen molar-refractivity contribution in [1.82, 2.24) is 4.72 Å². The molecule has 0 aliphatic heterocycles. The minimum Gasteiger partial charge on any atom is -0.396 e. The number of benzene rings is 1. The quantitative estimate of drug-likeness (QED) is 0.698. The molecule has 120 valence electrons. The molecule has 0 spiro atoms. The maximum atomic E-state index is 13.6. The highest BCUT2D eigenvalue weighted by Gasteiger charge is 2.33. The first kappa shape index (κ1) is 17.9. The zero-order chi connectivity index (χ0) is 16.4. The number of anilines is 1. The first-order valence-electron chi connectivity index (χ1n) is 6.84. The molecule has 0 heterocycles. The number of nitrogens with one attached hydrogen (secondary N) is 1. The molecular weight excluding hydrogens is 295 g/mol. The van der Waals surface area contributed by atoms with Crippen molar-refractivity contribution in [2.24, 2.45) is 0 Å². The molecule has 0 unspecified atom stereocenters. The van der Waals surface area contributed by atoms with Crippen LogP contribution in [0.5, 0.6) is 0 Å². The number of aryl methyl sites for hydroxylation is 1. The number of rotatable bonds is 6. The van der Waals surface area contributed by atoms with Gasteiger partial charge in [-0.05, 0) is 43.9 Å². The van der Waals surface area contributed by atoms with E-state index >= 15 is 0 Å². The van der Waals surface area contributed by atoms with Crippen molar-refractivity contribution in [1.29, 1.82) is 0 Å². The van der Waals surface area contributed by atoms with Gasteiger partial charge in [0.05, 0.1) is 22.7 Å².